The van der Waals surface area contributed by atoms with Crippen LogP contribution in [0.4, 0.5) is 0 Å². The zero-order valence-corrected chi connectivity index (χ0v) is 13.1. The van der Waals surface area contributed by atoms with Crippen molar-refractivity contribution in [3.63, 3.8) is 0 Å². The van der Waals surface area contributed by atoms with Gasteiger partial charge in [-0.2, -0.15) is 0 Å². The molecule has 0 heterocycles. The minimum atomic E-state index is 0.907. The molecule has 0 aromatic heterocycles. The molecule has 5 unspecified atom stereocenters. The molecule has 2 fully saturated rings. The normalized spacial score (nSPS) is 42.2. The predicted molar refractivity (Wildman–Crippen MR) is 80.6 cm³/mol. The highest BCUT2D eigenvalue weighted by atomic mass is 14.4. The maximum absolute atomic E-state index is 2.57. The van der Waals surface area contributed by atoms with Crippen molar-refractivity contribution in [1.29, 1.82) is 0 Å². The Kier molecular flexibility index (Phi) is 5.15. The molecule has 0 radical (unpaired) electrons. The molecule has 5 atom stereocenters. The summed E-state index contributed by atoms with van der Waals surface area (Å²) in [6.07, 6.45) is 12.0. The zero-order valence-electron chi connectivity index (χ0n) is 13.1. The second-order valence-corrected chi connectivity index (χ2v) is 7.48. The Morgan fingerprint density at radius 1 is 0.889 bits per heavy atom. The second-order valence-electron chi connectivity index (χ2n) is 7.48. The first-order valence-corrected chi connectivity index (χ1v) is 8.65. The maximum atomic E-state index is 2.57. The van der Waals surface area contributed by atoms with Crippen LogP contribution < -0.4 is 0 Å². The van der Waals surface area contributed by atoms with Gasteiger partial charge in [0, 0.05) is 0 Å². The van der Waals surface area contributed by atoms with Crippen molar-refractivity contribution in [2.75, 3.05) is 0 Å². The van der Waals surface area contributed by atoms with Gasteiger partial charge in [-0.25, -0.2) is 0 Å². The molecule has 2 aliphatic rings. The largest absolute Gasteiger partial charge is 0.0651 e. The van der Waals surface area contributed by atoms with Crippen molar-refractivity contribution in [3.8, 4) is 0 Å². The lowest BCUT2D eigenvalue weighted by Crippen LogP contribution is -2.37. The van der Waals surface area contributed by atoms with Crippen molar-refractivity contribution in [2.24, 2.45) is 35.5 Å². The van der Waals surface area contributed by atoms with Crippen LogP contribution in [0.1, 0.15) is 79.1 Å². The zero-order chi connectivity index (χ0) is 13.1. The van der Waals surface area contributed by atoms with Crippen LogP contribution in [-0.4, -0.2) is 0 Å². The molecule has 106 valence electrons. The first-order valence-electron chi connectivity index (χ1n) is 8.65. The van der Waals surface area contributed by atoms with Crippen LogP contribution in [0.25, 0.3) is 0 Å². The molecule has 0 aromatic rings. The molecule has 0 aliphatic heterocycles. The predicted octanol–water partition coefficient (Wildman–Crippen LogP) is 5.91. The van der Waals surface area contributed by atoms with E-state index >= 15 is 0 Å². The lowest BCUT2D eigenvalue weighted by molar-refractivity contribution is 0.0375. The quantitative estimate of drug-likeness (QED) is 0.584. The van der Waals surface area contributed by atoms with E-state index in [0.717, 1.165) is 35.5 Å². The molecule has 18 heavy (non-hydrogen) atoms. The second kappa shape index (κ2) is 6.44. The van der Waals surface area contributed by atoms with E-state index in [9.17, 15) is 0 Å². The van der Waals surface area contributed by atoms with Crippen LogP contribution in [0.2, 0.25) is 0 Å². The molecule has 0 nitrogen and oxygen atoms in total. The SMILES string of the molecule is CCC1CCCC(C2CCCCC2C(C)C)C1C. The average molecular weight is 250 g/mol. The summed E-state index contributed by atoms with van der Waals surface area (Å²) in [7, 11) is 0. The first-order chi connectivity index (χ1) is 8.65. The van der Waals surface area contributed by atoms with E-state index in [-0.39, 0.29) is 0 Å². The molecule has 0 bridgehead atoms. The Bertz CT molecular complexity index is 242. The smallest absolute Gasteiger partial charge is 0.0352 e. The van der Waals surface area contributed by atoms with Gasteiger partial charge < -0.3 is 0 Å². The van der Waals surface area contributed by atoms with Crippen LogP contribution in [-0.2, 0) is 0 Å². The van der Waals surface area contributed by atoms with Crippen LogP contribution in [0, 0.1) is 35.5 Å². The van der Waals surface area contributed by atoms with Gasteiger partial charge in [-0.05, 0) is 54.8 Å². The Hall–Kier alpha value is 0. The number of rotatable bonds is 3. The topological polar surface area (TPSA) is 0 Å². The molecule has 2 aliphatic carbocycles. The highest BCUT2D eigenvalue weighted by Gasteiger charge is 2.39. The summed E-state index contributed by atoms with van der Waals surface area (Å²) in [5.41, 5.74) is 0. The van der Waals surface area contributed by atoms with E-state index in [1.165, 1.54) is 51.4 Å². The standard InChI is InChI=1S/C18H34/c1-5-15-9-8-12-17(14(15)4)18-11-7-6-10-16(18)13(2)3/h13-18H,5-12H2,1-4H3. The summed E-state index contributed by atoms with van der Waals surface area (Å²) < 4.78 is 0. The lowest BCUT2D eigenvalue weighted by atomic mass is 9.59. The van der Waals surface area contributed by atoms with Gasteiger partial charge in [0.2, 0.25) is 0 Å². The molecular formula is C18H34. The molecule has 0 spiro atoms. The molecule has 0 heteroatoms. The highest BCUT2D eigenvalue weighted by molar-refractivity contribution is 4.89. The molecule has 0 saturated heterocycles. The highest BCUT2D eigenvalue weighted by Crippen LogP contribution is 2.48. The van der Waals surface area contributed by atoms with Crippen molar-refractivity contribution < 1.29 is 0 Å². The fourth-order valence-electron chi connectivity index (χ4n) is 5.22. The van der Waals surface area contributed by atoms with E-state index < -0.39 is 0 Å². The average Bonchev–Trinajstić information content (AvgIpc) is 2.39. The van der Waals surface area contributed by atoms with Crippen molar-refractivity contribution >= 4 is 0 Å². The summed E-state index contributed by atoms with van der Waals surface area (Å²) in [6.45, 7) is 9.91. The number of hydrogen-bond acceptors (Lipinski definition) is 0. The van der Waals surface area contributed by atoms with Crippen LogP contribution in [0.3, 0.4) is 0 Å². The van der Waals surface area contributed by atoms with Gasteiger partial charge in [0.25, 0.3) is 0 Å². The minimum absolute atomic E-state index is 0.907. The molecular weight excluding hydrogens is 216 g/mol. The van der Waals surface area contributed by atoms with Gasteiger partial charge in [-0.15, -0.1) is 0 Å². The Balaban J connectivity index is 2.07. The van der Waals surface area contributed by atoms with Crippen LogP contribution >= 0.6 is 0 Å². The van der Waals surface area contributed by atoms with Gasteiger partial charge in [0.15, 0.2) is 0 Å². The molecule has 0 aromatic carbocycles. The molecule has 2 rings (SSSR count). The van der Waals surface area contributed by atoms with Gasteiger partial charge >= 0.3 is 0 Å². The monoisotopic (exact) mass is 250 g/mol. The van der Waals surface area contributed by atoms with E-state index in [0.29, 0.717) is 0 Å². The Morgan fingerprint density at radius 3 is 2.22 bits per heavy atom. The van der Waals surface area contributed by atoms with Gasteiger partial charge in [0.05, 0.1) is 0 Å². The third-order valence-corrected chi connectivity index (χ3v) is 6.34. The summed E-state index contributed by atoms with van der Waals surface area (Å²) in [4.78, 5) is 0. The van der Waals surface area contributed by atoms with E-state index in [2.05, 4.69) is 27.7 Å². The maximum Gasteiger partial charge on any atom is -0.0352 e. The van der Waals surface area contributed by atoms with E-state index in [1.807, 2.05) is 0 Å². The molecule has 0 N–H and O–H groups in total. The van der Waals surface area contributed by atoms with Gasteiger partial charge in [-0.3, -0.25) is 0 Å². The molecule has 0 amide bonds. The van der Waals surface area contributed by atoms with E-state index in [1.54, 1.807) is 0 Å². The van der Waals surface area contributed by atoms with Crippen LogP contribution in [0.15, 0.2) is 0 Å². The Labute approximate surface area is 115 Å². The molecule has 2 saturated carbocycles. The summed E-state index contributed by atoms with van der Waals surface area (Å²) in [5.74, 6) is 6.07. The fourth-order valence-corrected chi connectivity index (χ4v) is 5.22. The van der Waals surface area contributed by atoms with Gasteiger partial charge in [0.1, 0.15) is 0 Å². The Morgan fingerprint density at radius 2 is 1.56 bits per heavy atom. The van der Waals surface area contributed by atoms with Gasteiger partial charge in [-0.1, -0.05) is 59.8 Å². The van der Waals surface area contributed by atoms with E-state index in [4.69, 9.17) is 0 Å². The fraction of sp³-hybridized carbons (Fsp3) is 1.00. The summed E-state index contributed by atoms with van der Waals surface area (Å²) in [6, 6.07) is 0. The number of hydrogen-bond donors (Lipinski definition) is 0. The third kappa shape index (κ3) is 2.94. The summed E-state index contributed by atoms with van der Waals surface area (Å²) >= 11 is 0. The van der Waals surface area contributed by atoms with Crippen molar-refractivity contribution in [1.82, 2.24) is 0 Å². The summed E-state index contributed by atoms with van der Waals surface area (Å²) in [5, 5.41) is 0. The minimum Gasteiger partial charge on any atom is -0.0651 e. The van der Waals surface area contributed by atoms with Crippen LogP contribution in [0.5, 0.6) is 0 Å². The lowest BCUT2D eigenvalue weighted by Gasteiger charge is -2.46. The first kappa shape index (κ1) is 14.4. The van der Waals surface area contributed by atoms with Crippen molar-refractivity contribution in [3.05, 3.63) is 0 Å². The van der Waals surface area contributed by atoms with Crippen molar-refractivity contribution in [2.45, 2.75) is 79.1 Å². The third-order valence-electron chi connectivity index (χ3n) is 6.34.